The smallest absolute Gasteiger partial charge is 0.405 e. The molecule has 2 rings (SSSR count). The lowest BCUT2D eigenvalue weighted by Gasteiger charge is -2.23. The minimum atomic E-state index is -4.51. The van der Waals surface area contributed by atoms with Crippen LogP contribution in [0, 0.1) is 11.3 Å². The van der Waals surface area contributed by atoms with Gasteiger partial charge in [-0.3, -0.25) is 15.2 Å². The van der Waals surface area contributed by atoms with Gasteiger partial charge in [0.25, 0.3) is 0 Å². The number of amidine groups is 1. The summed E-state index contributed by atoms with van der Waals surface area (Å²) in [4.78, 5) is 28.3. The van der Waals surface area contributed by atoms with Crippen LogP contribution in [0.1, 0.15) is 26.3 Å². The molecule has 0 spiro atoms. The minimum absolute atomic E-state index is 0.0420. The van der Waals surface area contributed by atoms with Gasteiger partial charge in [-0.05, 0) is 25.0 Å². The lowest BCUT2D eigenvalue weighted by molar-refractivity contribution is -0.139. The number of carbonyl (C=O) groups excluding carboxylic acids is 2. The Morgan fingerprint density at radius 1 is 1.33 bits per heavy atom. The monoisotopic (exact) mass is 465 g/mol. The summed E-state index contributed by atoms with van der Waals surface area (Å²) in [5.74, 6) is -1.67. The van der Waals surface area contributed by atoms with Gasteiger partial charge in [0.2, 0.25) is 5.91 Å². The van der Waals surface area contributed by atoms with Crippen molar-refractivity contribution in [3.8, 4) is 0 Å². The molecule has 8 nitrogen and oxygen atoms in total. The van der Waals surface area contributed by atoms with Gasteiger partial charge in [-0.15, -0.1) is 0 Å². The maximum atomic E-state index is 12.5. The van der Waals surface area contributed by atoms with Crippen molar-refractivity contribution in [2.75, 3.05) is 18.5 Å². The first-order valence-corrected chi connectivity index (χ1v) is 10.1. The van der Waals surface area contributed by atoms with Crippen LogP contribution in [0.2, 0.25) is 0 Å². The SMILES string of the molecule is C=C(/C=C1\C(=N)NC=C1c1cncc(NC(C(=O)NCC(F)(F)F)C(C)C)c1)C(=O)OCC. The number of alkyl halides is 3. The zero-order chi connectivity index (χ0) is 24.8. The number of carbonyl (C=O) groups is 2. The molecular weight excluding hydrogens is 439 g/mol. The van der Waals surface area contributed by atoms with Gasteiger partial charge in [0.1, 0.15) is 18.4 Å². The van der Waals surface area contributed by atoms with Crippen molar-refractivity contribution in [3.05, 3.63) is 54.0 Å². The van der Waals surface area contributed by atoms with E-state index in [4.69, 9.17) is 10.1 Å². The van der Waals surface area contributed by atoms with Gasteiger partial charge >= 0.3 is 12.1 Å². The molecule has 1 unspecified atom stereocenters. The van der Waals surface area contributed by atoms with E-state index in [1.165, 1.54) is 18.5 Å². The van der Waals surface area contributed by atoms with E-state index in [1.54, 1.807) is 33.0 Å². The van der Waals surface area contributed by atoms with Crippen molar-refractivity contribution < 1.29 is 27.5 Å². The molecule has 0 fully saturated rings. The van der Waals surface area contributed by atoms with Gasteiger partial charge in [-0.25, -0.2) is 4.79 Å². The third-order valence-electron chi connectivity index (χ3n) is 4.56. The zero-order valence-corrected chi connectivity index (χ0v) is 18.5. The zero-order valence-electron chi connectivity index (χ0n) is 18.5. The maximum Gasteiger partial charge on any atom is 0.405 e. The number of hydrogen-bond acceptors (Lipinski definition) is 6. The van der Waals surface area contributed by atoms with E-state index in [0.29, 0.717) is 22.4 Å². The summed E-state index contributed by atoms with van der Waals surface area (Å²) < 4.78 is 42.3. The Hall–Kier alpha value is -3.63. The Morgan fingerprint density at radius 3 is 2.64 bits per heavy atom. The third kappa shape index (κ3) is 7.19. The fourth-order valence-electron chi connectivity index (χ4n) is 2.96. The molecule has 1 aliphatic heterocycles. The van der Waals surface area contributed by atoms with Crippen LogP contribution in [-0.2, 0) is 14.3 Å². The van der Waals surface area contributed by atoms with Gasteiger partial charge in [0.05, 0.1) is 17.9 Å². The number of ether oxygens (including phenoxy) is 1. The topological polar surface area (TPSA) is 116 Å². The van der Waals surface area contributed by atoms with Crippen LogP contribution >= 0.6 is 0 Å². The van der Waals surface area contributed by atoms with Crippen LogP contribution < -0.4 is 16.0 Å². The fraction of sp³-hybridized carbons (Fsp3) is 0.364. The lowest BCUT2D eigenvalue weighted by Crippen LogP contribution is -2.46. The summed E-state index contributed by atoms with van der Waals surface area (Å²) >= 11 is 0. The highest BCUT2D eigenvalue weighted by Gasteiger charge is 2.30. The van der Waals surface area contributed by atoms with E-state index < -0.39 is 30.6 Å². The molecule has 1 aromatic rings. The number of pyridine rings is 1. The maximum absolute atomic E-state index is 12.5. The Bertz CT molecular complexity index is 999. The molecule has 11 heteroatoms. The van der Waals surface area contributed by atoms with Gasteiger partial charge in [-0.2, -0.15) is 13.2 Å². The number of esters is 1. The summed E-state index contributed by atoms with van der Waals surface area (Å²) in [5.41, 5.74) is 1.95. The van der Waals surface area contributed by atoms with Crippen LogP contribution in [0.3, 0.4) is 0 Å². The van der Waals surface area contributed by atoms with Crippen LogP contribution in [0.15, 0.2) is 48.5 Å². The molecule has 1 amide bonds. The molecule has 178 valence electrons. The molecule has 0 radical (unpaired) electrons. The summed E-state index contributed by atoms with van der Waals surface area (Å²) in [7, 11) is 0. The molecule has 1 aliphatic rings. The van der Waals surface area contributed by atoms with Crippen molar-refractivity contribution >= 4 is 29.0 Å². The molecule has 1 atom stereocenters. The van der Waals surface area contributed by atoms with Crippen LogP contribution in [-0.4, -0.2) is 48.1 Å². The van der Waals surface area contributed by atoms with Crippen LogP contribution in [0.5, 0.6) is 0 Å². The first-order chi connectivity index (χ1) is 15.4. The van der Waals surface area contributed by atoms with Gasteiger partial charge in [0, 0.05) is 35.3 Å². The number of rotatable bonds is 9. The highest BCUT2D eigenvalue weighted by atomic mass is 19.4. The molecule has 0 saturated heterocycles. The van der Waals surface area contributed by atoms with Crippen molar-refractivity contribution in [3.63, 3.8) is 0 Å². The summed E-state index contributed by atoms with van der Waals surface area (Å²) in [6.07, 6.45) is 1.43. The molecule has 33 heavy (non-hydrogen) atoms. The quantitative estimate of drug-likeness (QED) is 0.329. The number of hydrogen-bond donors (Lipinski definition) is 4. The van der Waals surface area contributed by atoms with Crippen molar-refractivity contribution in [1.29, 1.82) is 5.41 Å². The molecule has 4 N–H and O–H groups in total. The summed E-state index contributed by atoms with van der Waals surface area (Å²) in [5, 5.41) is 15.7. The Kier molecular flexibility index (Phi) is 8.38. The van der Waals surface area contributed by atoms with Crippen molar-refractivity contribution in [2.45, 2.75) is 33.0 Å². The van der Waals surface area contributed by atoms with Gasteiger partial charge in [0.15, 0.2) is 0 Å². The second-order valence-corrected chi connectivity index (χ2v) is 7.54. The molecule has 1 aromatic heterocycles. The first kappa shape index (κ1) is 25.6. The number of halogens is 3. The first-order valence-electron chi connectivity index (χ1n) is 10.1. The van der Waals surface area contributed by atoms with E-state index in [9.17, 15) is 22.8 Å². The minimum Gasteiger partial charge on any atom is -0.462 e. The third-order valence-corrected chi connectivity index (χ3v) is 4.56. The molecule has 0 aromatic carbocycles. The van der Waals surface area contributed by atoms with Gasteiger partial charge < -0.3 is 20.7 Å². The Balaban J connectivity index is 2.25. The van der Waals surface area contributed by atoms with E-state index in [0.717, 1.165) is 0 Å². The van der Waals surface area contributed by atoms with Gasteiger partial charge in [-0.1, -0.05) is 20.4 Å². The number of amides is 1. The average Bonchev–Trinajstić information content (AvgIpc) is 3.10. The average molecular weight is 465 g/mol. The molecule has 0 bridgehead atoms. The Morgan fingerprint density at radius 2 is 2.03 bits per heavy atom. The second-order valence-electron chi connectivity index (χ2n) is 7.54. The van der Waals surface area contributed by atoms with E-state index in [1.807, 2.05) is 5.32 Å². The second kappa shape index (κ2) is 10.8. The largest absolute Gasteiger partial charge is 0.462 e. The van der Waals surface area contributed by atoms with E-state index in [2.05, 4.69) is 22.2 Å². The molecule has 0 saturated carbocycles. The Labute approximate surface area is 189 Å². The van der Waals surface area contributed by atoms with E-state index >= 15 is 0 Å². The van der Waals surface area contributed by atoms with Crippen LogP contribution in [0.25, 0.3) is 5.57 Å². The summed E-state index contributed by atoms with van der Waals surface area (Å²) in [6.45, 7) is 7.51. The van der Waals surface area contributed by atoms with Crippen molar-refractivity contribution in [1.82, 2.24) is 15.6 Å². The molecular formula is C22H26F3N5O3. The van der Waals surface area contributed by atoms with E-state index in [-0.39, 0.29) is 23.9 Å². The van der Waals surface area contributed by atoms with Crippen LogP contribution in [0.4, 0.5) is 18.9 Å². The highest BCUT2D eigenvalue weighted by molar-refractivity contribution is 6.16. The predicted octanol–water partition coefficient (Wildman–Crippen LogP) is 3.16. The highest BCUT2D eigenvalue weighted by Crippen LogP contribution is 2.29. The van der Waals surface area contributed by atoms with Crippen molar-refractivity contribution in [2.24, 2.45) is 5.92 Å². The number of nitrogens with one attached hydrogen (secondary N) is 4. The molecule has 0 aliphatic carbocycles. The number of anilines is 1. The fourth-order valence-corrected chi connectivity index (χ4v) is 2.96. The predicted molar refractivity (Wildman–Crippen MR) is 118 cm³/mol. The number of aromatic nitrogens is 1. The molecule has 2 heterocycles. The lowest BCUT2D eigenvalue weighted by atomic mass is 9.99. The standard InChI is InChI=1S/C22H26F3N5O3/c1-5-33-21(32)13(4)6-16-17(10-28-19(16)26)14-7-15(9-27-8-14)30-18(12(2)3)20(31)29-11-22(23,24)25/h6-10,12,18,30H,4-5,11H2,1-3H3,(H2,26,28)(H,29,31)/b16-6-. The number of nitrogens with zero attached hydrogens (tertiary/aromatic N) is 1. The summed E-state index contributed by atoms with van der Waals surface area (Å²) in [6, 6.07) is 0.712. The normalized spacial score (nSPS) is 15.7.